The lowest BCUT2D eigenvalue weighted by Crippen LogP contribution is -2.22. The van der Waals surface area contributed by atoms with Crippen LogP contribution in [0.2, 0.25) is 0 Å². The van der Waals surface area contributed by atoms with Crippen molar-refractivity contribution in [1.29, 1.82) is 0 Å². The van der Waals surface area contributed by atoms with Gasteiger partial charge in [0, 0.05) is 28.9 Å². The molecule has 5 nitrogen and oxygen atoms in total. The van der Waals surface area contributed by atoms with Gasteiger partial charge >= 0.3 is 0 Å². The van der Waals surface area contributed by atoms with Crippen LogP contribution in [0.5, 0.6) is 0 Å². The van der Waals surface area contributed by atoms with E-state index in [1.807, 2.05) is 37.3 Å². The summed E-state index contributed by atoms with van der Waals surface area (Å²) < 4.78 is 0. The number of hydrogen-bond donors (Lipinski definition) is 1. The molecule has 1 aliphatic rings. The molecule has 0 saturated carbocycles. The van der Waals surface area contributed by atoms with Crippen molar-refractivity contribution < 1.29 is 4.92 Å². The highest BCUT2D eigenvalue weighted by molar-refractivity contribution is 6.10. The van der Waals surface area contributed by atoms with Gasteiger partial charge in [-0.1, -0.05) is 48.0 Å². The van der Waals surface area contributed by atoms with Crippen LogP contribution >= 0.6 is 0 Å². The zero-order chi connectivity index (χ0) is 18.1. The molecule has 1 atom stereocenters. The monoisotopic (exact) mass is 343 g/mol. The molecule has 0 spiro atoms. The number of nitrogens with zero attached hydrogens (tertiary/aromatic N) is 2. The van der Waals surface area contributed by atoms with E-state index in [9.17, 15) is 10.1 Å². The highest BCUT2D eigenvalue weighted by atomic mass is 16.6. The fourth-order valence-electron chi connectivity index (χ4n) is 3.16. The summed E-state index contributed by atoms with van der Waals surface area (Å²) in [5, 5.41) is 14.3. The second kappa shape index (κ2) is 6.44. The number of aliphatic imine (C=N–C) groups is 1. The smallest absolute Gasteiger partial charge is 0.269 e. The summed E-state index contributed by atoms with van der Waals surface area (Å²) in [7, 11) is 0. The Kier molecular flexibility index (Phi) is 3.97. The van der Waals surface area contributed by atoms with Gasteiger partial charge in [0.25, 0.3) is 5.69 Å². The Balaban J connectivity index is 1.83. The van der Waals surface area contributed by atoms with Crippen LogP contribution in [0.3, 0.4) is 0 Å². The third kappa shape index (κ3) is 2.95. The number of anilines is 1. The molecule has 1 N–H and O–H groups in total. The summed E-state index contributed by atoms with van der Waals surface area (Å²) >= 11 is 0. The van der Waals surface area contributed by atoms with E-state index in [1.54, 1.807) is 12.1 Å². The van der Waals surface area contributed by atoms with E-state index < -0.39 is 0 Å². The number of aryl methyl sites for hydroxylation is 1. The van der Waals surface area contributed by atoms with Gasteiger partial charge in [0.2, 0.25) is 0 Å². The van der Waals surface area contributed by atoms with Crippen molar-refractivity contribution in [2.24, 2.45) is 4.99 Å². The minimum atomic E-state index is -0.386. The molecular weight excluding hydrogens is 326 g/mol. The van der Waals surface area contributed by atoms with Crippen LogP contribution in [-0.2, 0) is 0 Å². The summed E-state index contributed by atoms with van der Waals surface area (Å²) in [4.78, 5) is 15.5. The number of non-ortho nitro benzene ring substituents is 1. The molecule has 1 aliphatic heterocycles. The minimum absolute atomic E-state index is 0.0828. The zero-order valence-electron chi connectivity index (χ0n) is 14.2. The first kappa shape index (κ1) is 16.0. The maximum absolute atomic E-state index is 10.9. The minimum Gasteiger partial charge on any atom is -0.340 e. The second-order valence-corrected chi connectivity index (χ2v) is 6.31. The first-order valence-electron chi connectivity index (χ1n) is 8.37. The standard InChI is InChI=1S/C21H17N3O2/c1-14-7-12-19-18(13-14)20(15-8-10-17(11-9-15)24(25)26)23-21(22-19)16-5-3-2-4-6-16/h2-13,20H,1H3,(H,22,23). The third-order valence-electron chi connectivity index (χ3n) is 4.48. The van der Waals surface area contributed by atoms with E-state index in [0.29, 0.717) is 0 Å². The first-order chi connectivity index (χ1) is 12.6. The molecule has 0 bridgehead atoms. The van der Waals surface area contributed by atoms with Gasteiger partial charge < -0.3 is 5.32 Å². The average molecular weight is 343 g/mol. The lowest BCUT2D eigenvalue weighted by atomic mass is 9.94. The fourth-order valence-corrected chi connectivity index (χ4v) is 3.16. The number of rotatable bonds is 3. The second-order valence-electron chi connectivity index (χ2n) is 6.31. The highest BCUT2D eigenvalue weighted by Crippen LogP contribution is 2.37. The van der Waals surface area contributed by atoms with Gasteiger partial charge in [0.15, 0.2) is 0 Å². The number of hydrogen-bond acceptors (Lipinski definition) is 4. The Morgan fingerprint density at radius 1 is 1.00 bits per heavy atom. The summed E-state index contributed by atoms with van der Waals surface area (Å²) in [5.41, 5.74) is 5.24. The van der Waals surface area contributed by atoms with Gasteiger partial charge in [-0.2, -0.15) is 0 Å². The molecule has 1 heterocycles. The van der Waals surface area contributed by atoms with Gasteiger partial charge in [-0.05, 0) is 30.7 Å². The number of benzene rings is 3. The van der Waals surface area contributed by atoms with E-state index in [-0.39, 0.29) is 16.7 Å². The van der Waals surface area contributed by atoms with Crippen molar-refractivity contribution >= 4 is 17.2 Å². The molecule has 0 aliphatic carbocycles. The Morgan fingerprint density at radius 2 is 1.73 bits per heavy atom. The van der Waals surface area contributed by atoms with Crippen molar-refractivity contribution in [2.75, 3.05) is 5.32 Å². The lowest BCUT2D eigenvalue weighted by Gasteiger charge is -2.26. The van der Waals surface area contributed by atoms with Crippen molar-refractivity contribution in [3.8, 4) is 0 Å². The maximum Gasteiger partial charge on any atom is 0.269 e. The van der Waals surface area contributed by atoms with E-state index in [4.69, 9.17) is 4.99 Å². The summed E-state index contributed by atoms with van der Waals surface area (Å²) in [6.45, 7) is 2.05. The molecule has 26 heavy (non-hydrogen) atoms. The molecule has 0 amide bonds. The van der Waals surface area contributed by atoms with Gasteiger partial charge in [-0.15, -0.1) is 0 Å². The Morgan fingerprint density at radius 3 is 2.42 bits per heavy atom. The molecular formula is C21H17N3O2. The van der Waals surface area contributed by atoms with Crippen molar-refractivity contribution in [3.05, 3.63) is 105 Å². The predicted octanol–water partition coefficient (Wildman–Crippen LogP) is 4.86. The summed E-state index contributed by atoms with van der Waals surface area (Å²) in [6.07, 6.45) is 0. The van der Waals surface area contributed by atoms with Crippen LogP contribution in [0, 0.1) is 17.0 Å². The SMILES string of the molecule is Cc1ccc2c(c1)C(c1ccc([N+](=O)[O-])cc1)N=C(c1ccccc1)N2. The molecule has 0 radical (unpaired) electrons. The number of nitro benzene ring substituents is 1. The van der Waals surface area contributed by atoms with Gasteiger partial charge in [-0.3, -0.25) is 15.1 Å². The fraction of sp³-hybridized carbons (Fsp3) is 0.0952. The summed E-state index contributed by atoms with van der Waals surface area (Å²) in [5.74, 6) is 0.797. The van der Waals surface area contributed by atoms with E-state index in [2.05, 4.69) is 23.5 Å². The Bertz CT molecular complexity index is 996. The quantitative estimate of drug-likeness (QED) is 0.545. The molecule has 4 rings (SSSR count). The van der Waals surface area contributed by atoms with Crippen LogP contribution in [0.25, 0.3) is 0 Å². The van der Waals surface area contributed by atoms with Crippen molar-refractivity contribution in [3.63, 3.8) is 0 Å². The van der Waals surface area contributed by atoms with Crippen LogP contribution < -0.4 is 5.32 Å². The molecule has 1 unspecified atom stereocenters. The zero-order valence-corrected chi connectivity index (χ0v) is 14.2. The van der Waals surface area contributed by atoms with Crippen LogP contribution in [0.15, 0.2) is 77.8 Å². The average Bonchev–Trinajstić information content (AvgIpc) is 2.68. The Labute approximate surface area is 151 Å². The van der Waals surface area contributed by atoms with Gasteiger partial charge in [0.05, 0.1) is 4.92 Å². The molecule has 3 aromatic rings. The van der Waals surface area contributed by atoms with Crippen LogP contribution in [-0.4, -0.2) is 10.8 Å². The summed E-state index contributed by atoms with van der Waals surface area (Å²) in [6, 6.07) is 22.6. The molecule has 0 fully saturated rings. The largest absolute Gasteiger partial charge is 0.340 e. The van der Waals surface area contributed by atoms with Crippen molar-refractivity contribution in [1.82, 2.24) is 0 Å². The Hall–Kier alpha value is -3.47. The first-order valence-corrected chi connectivity index (χ1v) is 8.37. The highest BCUT2D eigenvalue weighted by Gasteiger charge is 2.24. The number of amidine groups is 1. The van der Waals surface area contributed by atoms with E-state index in [1.165, 1.54) is 12.1 Å². The van der Waals surface area contributed by atoms with Gasteiger partial charge in [-0.25, -0.2) is 0 Å². The number of nitro groups is 1. The number of fused-ring (bicyclic) bond motifs is 1. The molecule has 0 saturated heterocycles. The van der Waals surface area contributed by atoms with E-state index >= 15 is 0 Å². The number of nitrogens with one attached hydrogen (secondary N) is 1. The van der Waals surface area contributed by atoms with Crippen LogP contribution in [0.1, 0.15) is 28.3 Å². The van der Waals surface area contributed by atoms with E-state index in [0.717, 1.165) is 33.8 Å². The van der Waals surface area contributed by atoms with Crippen LogP contribution in [0.4, 0.5) is 11.4 Å². The third-order valence-corrected chi connectivity index (χ3v) is 4.48. The predicted molar refractivity (Wildman–Crippen MR) is 103 cm³/mol. The molecule has 128 valence electrons. The molecule has 5 heteroatoms. The molecule has 0 aromatic heterocycles. The maximum atomic E-state index is 10.9. The van der Waals surface area contributed by atoms with Crippen molar-refractivity contribution in [2.45, 2.75) is 13.0 Å². The normalized spacial score (nSPS) is 15.6. The topological polar surface area (TPSA) is 67.5 Å². The molecule has 3 aromatic carbocycles. The van der Waals surface area contributed by atoms with Gasteiger partial charge in [0.1, 0.15) is 11.9 Å². The lowest BCUT2D eigenvalue weighted by molar-refractivity contribution is -0.384.